The normalized spacial score (nSPS) is 24.7. The van der Waals surface area contributed by atoms with Gasteiger partial charge in [0.25, 0.3) is 10.0 Å². The second-order valence-electron chi connectivity index (χ2n) is 8.44. The van der Waals surface area contributed by atoms with Gasteiger partial charge in [-0.2, -0.15) is 8.42 Å². The monoisotopic (exact) mass is 403 g/mol. The van der Waals surface area contributed by atoms with E-state index in [0.29, 0.717) is 5.84 Å². The van der Waals surface area contributed by atoms with Gasteiger partial charge in [0, 0.05) is 6.04 Å². The first-order valence-corrected chi connectivity index (χ1v) is 11.9. The summed E-state index contributed by atoms with van der Waals surface area (Å²) >= 11 is 0. The van der Waals surface area contributed by atoms with Crippen molar-refractivity contribution in [2.24, 2.45) is 4.40 Å². The van der Waals surface area contributed by atoms with Gasteiger partial charge in [-0.1, -0.05) is 56.2 Å². The van der Waals surface area contributed by atoms with E-state index >= 15 is 0 Å². The first-order chi connectivity index (χ1) is 13.4. The first kappa shape index (κ1) is 19.4. The largest absolute Gasteiger partial charge is 0.325 e. The van der Waals surface area contributed by atoms with Crippen LogP contribution in [0.4, 0.5) is 4.79 Å². The zero-order valence-electron chi connectivity index (χ0n) is 16.5. The van der Waals surface area contributed by atoms with E-state index < -0.39 is 15.6 Å². The van der Waals surface area contributed by atoms with Gasteiger partial charge >= 0.3 is 6.03 Å². The average Bonchev–Trinajstić information content (AvgIpc) is 2.93. The molecule has 1 spiro atoms. The molecule has 1 aromatic carbocycles. The molecule has 1 saturated heterocycles. The van der Waals surface area contributed by atoms with Crippen LogP contribution in [0.3, 0.4) is 0 Å². The molecule has 28 heavy (non-hydrogen) atoms. The number of carbonyl (C=O) groups is 1. The molecule has 3 fully saturated rings. The van der Waals surface area contributed by atoms with E-state index in [-0.39, 0.29) is 17.0 Å². The van der Waals surface area contributed by atoms with Crippen LogP contribution in [0.15, 0.2) is 33.6 Å². The maximum absolute atomic E-state index is 13.1. The van der Waals surface area contributed by atoms with E-state index in [2.05, 4.69) is 9.71 Å². The lowest BCUT2D eigenvalue weighted by Gasteiger charge is -2.35. The van der Waals surface area contributed by atoms with Gasteiger partial charge in [0.15, 0.2) is 5.84 Å². The predicted molar refractivity (Wildman–Crippen MR) is 109 cm³/mol. The SMILES string of the molecule is Cc1ccc(S(=O)(=O)/N=C2/N(C3CCCCC3)C(=O)NC23CCCCC3)cc1. The number of nitrogens with zero attached hydrogens (tertiary/aromatic N) is 2. The number of rotatable bonds is 3. The number of aryl methyl sites for hydroxylation is 1. The molecule has 6 nitrogen and oxygen atoms in total. The summed E-state index contributed by atoms with van der Waals surface area (Å²) in [6.07, 6.45) is 9.70. The third-order valence-corrected chi connectivity index (χ3v) is 7.67. The Balaban J connectivity index is 1.77. The van der Waals surface area contributed by atoms with Gasteiger partial charge in [0.1, 0.15) is 5.54 Å². The fourth-order valence-corrected chi connectivity index (χ4v) is 5.91. The molecule has 1 aliphatic heterocycles. The summed E-state index contributed by atoms with van der Waals surface area (Å²) in [6.45, 7) is 1.92. The number of nitrogens with one attached hydrogen (secondary N) is 1. The number of hydrogen-bond acceptors (Lipinski definition) is 3. The smallest absolute Gasteiger partial charge is 0.323 e. The Hall–Kier alpha value is -1.89. The van der Waals surface area contributed by atoms with Crippen molar-refractivity contribution in [3.63, 3.8) is 0 Å². The highest BCUT2D eigenvalue weighted by atomic mass is 32.2. The van der Waals surface area contributed by atoms with E-state index in [1.54, 1.807) is 29.2 Å². The molecule has 2 amide bonds. The van der Waals surface area contributed by atoms with Gasteiger partial charge in [0.05, 0.1) is 4.90 Å². The van der Waals surface area contributed by atoms with Gasteiger partial charge in [-0.3, -0.25) is 4.90 Å². The van der Waals surface area contributed by atoms with Crippen LogP contribution >= 0.6 is 0 Å². The average molecular weight is 404 g/mol. The molecular formula is C21H29N3O3S. The first-order valence-electron chi connectivity index (χ1n) is 10.4. The fourth-order valence-electron chi connectivity index (χ4n) is 4.84. The van der Waals surface area contributed by atoms with E-state index in [1.807, 2.05) is 6.92 Å². The predicted octanol–water partition coefficient (Wildman–Crippen LogP) is 4.14. The van der Waals surface area contributed by atoms with Crippen molar-refractivity contribution in [2.75, 3.05) is 0 Å². The molecule has 0 radical (unpaired) electrons. The van der Waals surface area contributed by atoms with E-state index in [0.717, 1.165) is 63.4 Å². The van der Waals surface area contributed by atoms with E-state index in [1.165, 1.54) is 6.42 Å². The molecule has 7 heteroatoms. The summed E-state index contributed by atoms with van der Waals surface area (Å²) in [4.78, 5) is 14.8. The van der Waals surface area contributed by atoms with Crippen LogP contribution in [-0.4, -0.2) is 36.8 Å². The third-order valence-electron chi connectivity index (χ3n) is 6.39. The Morgan fingerprint density at radius 3 is 2.25 bits per heavy atom. The van der Waals surface area contributed by atoms with Crippen molar-refractivity contribution in [2.45, 2.75) is 87.6 Å². The lowest BCUT2D eigenvalue weighted by Crippen LogP contribution is -2.50. The number of urea groups is 1. The molecule has 2 saturated carbocycles. The van der Waals surface area contributed by atoms with Crippen LogP contribution in [-0.2, 0) is 10.0 Å². The van der Waals surface area contributed by atoms with Gasteiger partial charge in [0.2, 0.25) is 0 Å². The second-order valence-corrected chi connectivity index (χ2v) is 10.0. The van der Waals surface area contributed by atoms with Crippen LogP contribution in [0, 0.1) is 6.92 Å². The second kappa shape index (κ2) is 7.50. The van der Waals surface area contributed by atoms with Crippen LogP contribution in [0.1, 0.15) is 69.8 Å². The van der Waals surface area contributed by atoms with Crippen molar-refractivity contribution in [1.29, 1.82) is 0 Å². The fraction of sp³-hybridized carbons (Fsp3) is 0.619. The molecule has 2 aliphatic carbocycles. The molecule has 3 aliphatic rings. The zero-order valence-corrected chi connectivity index (χ0v) is 17.3. The number of amidine groups is 1. The molecule has 4 rings (SSSR count). The Bertz CT molecular complexity index is 865. The number of hydrogen-bond donors (Lipinski definition) is 1. The van der Waals surface area contributed by atoms with Gasteiger partial charge in [-0.15, -0.1) is 4.40 Å². The maximum atomic E-state index is 13.1. The summed E-state index contributed by atoms with van der Waals surface area (Å²) in [6, 6.07) is 6.61. The number of sulfonamides is 1. The summed E-state index contributed by atoms with van der Waals surface area (Å²) in [5, 5.41) is 3.14. The van der Waals surface area contributed by atoms with Crippen molar-refractivity contribution in [3.8, 4) is 0 Å². The van der Waals surface area contributed by atoms with E-state index in [9.17, 15) is 13.2 Å². The summed E-state index contributed by atoms with van der Waals surface area (Å²) in [5.74, 6) is 0.435. The van der Waals surface area contributed by atoms with Crippen LogP contribution in [0.5, 0.6) is 0 Å². The third kappa shape index (κ3) is 3.56. The van der Waals surface area contributed by atoms with Gasteiger partial charge in [-0.25, -0.2) is 4.79 Å². The van der Waals surface area contributed by atoms with Gasteiger partial charge < -0.3 is 5.32 Å². The van der Waals surface area contributed by atoms with Crippen molar-refractivity contribution < 1.29 is 13.2 Å². The van der Waals surface area contributed by atoms with Crippen molar-refractivity contribution in [1.82, 2.24) is 10.2 Å². The lowest BCUT2D eigenvalue weighted by molar-refractivity contribution is 0.203. The molecule has 0 atom stereocenters. The topological polar surface area (TPSA) is 78.8 Å². The van der Waals surface area contributed by atoms with Gasteiger partial charge in [-0.05, 0) is 44.7 Å². The Morgan fingerprint density at radius 2 is 1.61 bits per heavy atom. The summed E-state index contributed by atoms with van der Waals surface area (Å²) in [7, 11) is -3.88. The summed E-state index contributed by atoms with van der Waals surface area (Å²) in [5.41, 5.74) is 0.363. The Kier molecular flexibility index (Phi) is 5.21. The molecule has 0 aromatic heterocycles. The number of benzene rings is 1. The molecular weight excluding hydrogens is 374 g/mol. The molecule has 152 valence electrons. The molecule has 1 N–H and O–H groups in total. The standard InChI is InChI=1S/C21H29N3O3S/c1-16-10-12-18(13-11-16)28(26,27)23-19-21(14-6-3-7-15-21)22-20(25)24(19)17-8-4-2-5-9-17/h10-13,17H,2-9,14-15H2,1H3,(H,22,25)/b23-19+. The van der Waals surface area contributed by atoms with E-state index in [4.69, 9.17) is 0 Å². The lowest BCUT2D eigenvalue weighted by atomic mass is 9.81. The molecule has 0 unspecified atom stereocenters. The quantitative estimate of drug-likeness (QED) is 0.824. The highest BCUT2D eigenvalue weighted by molar-refractivity contribution is 7.90. The number of amides is 2. The molecule has 1 heterocycles. The van der Waals surface area contributed by atoms with Crippen molar-refractivity contribution >= 4 is 21.9 Å². The molecule has 0 bridgehead atoms. The Labute approximate surface area is 167 Å². The number of carbonyl (C=O) groups excluding carboxylic acids is 1. The maximum Gasteiger partial charge on any atom is 0.323 e. The van der Waals surface area contributed by atoms with Crippen LogP contribution in [0.25, 0.3) is 0 Å². The zero-order chi connectivity index (χ0) is 19.8. The minimum absolute atomic E-state index is 0.0435. The van der Waals surface area contributed by atoms with Crippen molar-refractivity contribution in [3.05, 3.63) is 29.8 Å². The minimum atomic E-state index is -3.88. The van der Waals surface area contributed by atoms with Crippen LogP contribution < -0.4 is 5.32 Å². The minimum Gasteiger partial charge on any atom is -0.325 e. The highest BCUT2D eigenvalue weighted by Gasteiger charge is 2.52. The summed E-state index contributed by atoms with van der Waals surface area (Å²) < 4.78 is 30.5. The molecule has 1 aromatic rings. The van der Waals surface area contributed by atoms with Crippen LogP contribution in [0.2, 0.25) is 0 Å². The highest BCUT2D eigenvalue weighted by Crippen LogP contribution is 2.38. The Morgan fingerprint density at radius 1 is 1.00 bits per heavy atom.